The van der Waals surface area contributed by atoms with E-state index in [-0.39, 0.29) is 22.2 Å². The Kier molecular flexibility index (Phi) is 4.58. The van der Waals surface area contributed by atoms with Crippen LogP contribution in [-0.4, -0.2) is 14.3 Å². The van der Waals surface area contributed by atoms with Crippen LogP contribution < -0.4 is 15.2 Å². The van der Waals surface area contributed by atoms with Crippen LogP contribution in [0.4, 0.5) is 11.4 Å². The number of hydrogen-bond donors (Lipinski definition) is 2. The first-order chi connectivity index (χ1) is 10.3. The lowest BCUT2D eigenvalue weighted by atomic mass is 10.2. The molecule has 0 aromatic heterocycles. The summed E-state index contributed by atoms with van der Waals surface area (Å²) in [5.41, 5.74) is 6.17. The van der Waals surface area contributed by atoms with E-state index in [9.17, 15) is 13.2 Å². The van der Waals surface area contributed by atoms with Crippen molar-refractivity contribution in [1.82, 2.24) is 0 Å². The summed E-state index contributed by atoms with van der Waals surface area (Å²) in [6.07, 6.45) is 0. The minimum Gasteiger partial charge on any atom is -0.397 e. The van der Waals surface area contributed by atoms with Gasteiger partial charge in [-0.25, -0.2) is 0 Å². The minimum atomic E-state index is -4.05. The van der Waals surface area contributed by atoms with Gasteiger partial charge in [-0.1, -0.05) is 17.7 Å². The van der Waals surface area contributed by atoms with Crippen molar-refractivity contribution in [3.63, 3.8) is 0 Å². The van der Waals surface area contributed by atoms with Gasteiger partial charge in [0.2, 0.25) is 5.91 Å². The third-order valence-electron chi connectivity index (χ3n) is 2.62. The smallest absolute Gasteiger partial charge is 0.339 e. The number of hydrogen-bond acceptors (Lipinski definition) is 5. The maximum Gasteiger partial charge on any atom is 0.339 e. The highest BCUT2D eigenvalue weighted by atomic mass is 35.5. The molecule has 2 rings (SSSR count). The molecule has 0 bridgehead atoms. The fourth-order valence-electron chi connectivity index (χ4n) is 1.69. The fourth-order valence-corrected chi connectivity index (χ4v) is 2.83. The van der Waals surface area contributed by atoms with E-state index >= 15 is 0 Å². The van der Waals surface area contributed by atoms with Crippen LogP contribution in [0.25, 0.3) is 0 Å². The van der Waals surface area contributed by atoms with Gasteiger partial charge >= 0.3 is 10.1 Å². The molecular formula is C14H13ClN2O4S. The van der Waals surface area contributed by atoms with E-state index in [1.807, 2.05) is 0 Å². The molecule has 0 fully saturated rings. The van der Waals surface area contributed by atoms with Gasteiger partial charge in [-0.2, -0.15) is 8.42 Å². The largest absolute Gasteiger partial charge is 0.397 e. The molecule has 0 saturated carbocycles. The number of halogens is 1. The highest BCUT2D eigenvalue weighted by Gasteiger charge is 2.18. The van der Waals surface area contributed by atoms with E-state index in [1.54, 1.807) is 12.1 Å². The zero-order chi connectivity index (χ0) is 16.3. The molecule has 0 spiro atoms. The molecule has 2 aromatic carbocycles. The Balaban J connectivity index is 2.30. The Bertz CT molecular complexity index is 821. The molecule has 8 heteroatoms. The minimum absolute atomic E-state index is 0.0945. The molecule has 0 aliphatic heterocycles. The molecule has 22 heavy (non-hydrogen) atoms. The molecular weight excluding hydrogens is 328 g/mol. The summed E-state index contributed by atoms with van der Waals surface area (Å²) in [6.45, 7) is 1.33. The summed E-state index contributed by atoms with van der Waals surface area (Å²) >= 11 is 5.78. The third kappa shape index (κ3) is 3.90. The average Bonchev–Trinajstić information content (AvgIpc) is 2.40. The van der Waals surface area contributed by atoms with Crippen LogP contribution in [-0.2, 0) is 14.9 Å². The molecule has 116 valence electrons. The number of nitrogen functional groups attached to an aromatic ring is 1. The Morgan fingerprint density at radius 2 is 1.95 bits per heavy atom. The van der Waals surface area contributed by atoms with Gasteiger partial charge < -0.3 is 15.2 Å². The van der Waals surface area contributed by atoms with E-state index in [0.717, 1.165) is 0 Å². The summed E-state index contributed by atoms with van der Waals surface area (Å²) in [5, 5.41) is 2.85. The SMILES string of the molecule is CC(=O)Nc1ccc(S(=O)(=O)Oc2cccc(Cl)c2)cc1N. The molecule has 0 saturated heterocycles. The molecule has 0 aliphatic carbocycles. The first kappa shape index (κ1) is 16.1. The van der Waals surface area contributed by atoms with Crippen molar-refractivity contribution in [3.8, 4) is 5.75 Å². The Hall–Kier alpha value is -2.25. The molecule has 3 N–H and O–H groups in total. The van der Waals surface area contributed by atoms with Gasteiger partial charge in [0.15, 0.2) is 0 Å². The zero-order valence-corrected chi connectivity index (χ0v) is 13.1. The standard InChI is InChI=1S/C14H13ClN2O4S/c1-9(18)17-14-6-5-12(8-13(14)16)22(19,20)21-11-4-2-3-10(15)7-11/h2-8H,16H2,1H3,(H,17,18). The molecule has 1 amide bonds. The second-order valence-electron chi connectivity index (χ2n) is 4.43. The molecule has 2 aromatic rings. The van der Waals surface area contributed by atoms with Gasteiger partial charge in [-0.15, -0.1) is 0 Å². The predicted octanol–water partition coefficient (Wildman–Crippen LogP) is 2.65. The number of benzene rings is 2. The normalized spacial score (nSPS) is 11.0. The number of carbonyl (C=O) groups is 1. The number of carbonyl (C=O) groups excluding carboxylic acids is 1. The molecule has 6 nitrogen and oxygen atoms in total. The van der Waals surface area contributed by atoms with Crippen LogP contribution in [0.1, 0.15) is 6.92 Å². The van der Waals surface area contributed by atoms with Crippen molar-refractivity contribution in [2.75, 3.05) is 11.1 Å². The highest BCUT2D eigenvalue weighted by molar-refractivity contribution is 7.87. The lowest BCUT2D eigenvalue weighted by molar-refractivity contribution is -0.114. The van der Waals surface area contributed by atoms with Gasteiger partial charge in [-0.3, -0.25) is 4.79 Å². The summed E-state index contributed by atoms with van der Waals surface area (Å²) in [7, 11) is -4.05. The number of nitrogens with one attached hydrogen (secondary N) is 1. The summed E-state index contributed by atoms with van der Waals surface area (Å²) in [6, 6.07) is 9.92. The van der Waals surface area contributed by atoms with Gasteiger partial charge in [-0.05, 0) is 30.3 Å². The van der Waals surface area contributed by atoms with Crippen molar-refractivity contribution in [2.24, 2.45) is 0 Å². The zero-order valence-electron chi connectivity index (χ0n) is 11.5. The predicted molar refractivity (Wildman–Crippen MR) is 84.4 cm³/mol. The van der Waals surface area contributed by atoms with E-state index in [0.29, 0.717) is 10.7 Å². The molecule has 0 aliphatic rings. The average molecular weight is 341 g/mol. The van der Waals surface area contributed by atoms with Gasteiger partial charge in [0, 0.05) is 18.0 Å². The molecule has 0 heterocycles. The quantitative estimate of drug-likeness (QED) is 0.658. The molecule has 0 unspecified atom stereocenters. The van der Waals surface area contributed by atoms with E-state index in [4.69, 9.17) is 21.5 Å². The van der Waals surface area contributed by atoms with E-state index in [1.165, 1.54) is 37.3 Å². The van der Waals surface area contributed by atoms with Crippen LogP contribution in [0.15, 0.2) is 47.4 Å². The Morgan fingerprint density at radius 1 is 1.23 bits per heavy atom. The third-order valence-corrected chi connectivity index (χ3v) is 4.10. The second-order valence-corrected chi connectivity index (χ2v) is 6.41. The van der Waals surface area contributed by atoms with Gasteiger partial charge in [0.25, 0.3) is 0 Å². The van der Waals surface area contributed by atoms with Crippen molar-refractivity contribution in [3.05, 3.63) is 47.5 Å². The van der Waals surface area contributed by atoms with Crippen molar-refractivity contribution in [1.29, 1.82) is 0 Å². The van der Waals surface area contributed by atoms with Crippen LogP contribution >= 0.6 is 11.6 Å². The van der Waals surface area contributed by atoms with Crippen LogP contribution in [0, 0.1) is 0 Å². The summed E-state index contributed by atoms with van der Waals surface area (Å²) < 4.78 is 29.4. The first-order valence-corrected chi connectivity index (χ1v) is 7.94. The van der Waals surface area contributed by atoms with Crippen molar-refractivity contribution >= 4 is 39.0 Å². The lowest BCUT2D eigenvalue weighted by Gasteiger charge is -2.10. The second kappa shape index (κ2) is 6.25. The Morgan fingerprint density at radius 3 is 2.55 bits per heavy atom. The number of nitrogens with two attached hydrogens (primary N) is 1. The van der Waals surface area contributed by atoms with E-state index < -0.39 is 10.1 Å². The van der Waals surface area contributed by atoms with Gasteiger partial charge in [0.1, 0.15) is 10.6 Å². The van der Waals surface area contributed by atoms with Crippen LogP contribution in [0.3, 0.4) is 0 Å². The summed E-state index contributed by atoms with van der Waals surface area (Å²) in [4.78, 5) is 10.9. The van der Waals surface area contributed by atoms with Crippen molar-refractivity contribution in [2.45, 2.75) is 11.8 Å². The maximum atomic E-state index is 12.2. The number of rotatable bonds is 4. The fraction of sp³-hybridized carbons (Fsp3) is 0.0714. The number of anilines is 2. The first-order valence-electron chi connectivity index (χ1n) is 6.15. The van der Waals surface area contributed by atoms with Crippen LogP contribution in [0.2, 0.25) is 5.02 Å². The topological polar surface area (TPSA) is 98.5 Å². The highest BCUT2D eigenvalue weighted by Crippen LogP contribution is 2.26. The lowest BCUT2D eigenvalue weighted by Crippen LogP contribution is -2.12. The monoisotopic (exact) mass is 340 g/mol. The maximum absolute atomic E-state index is 12.2. The van der Waals surface area contributed by atoms with Crippen molar-refractivity contribution < 1.29 is 17.4 Å². The molecule has 0 atom stereocenters. The number of amides is 1. The summed E-state index contributed by atoms with van der Waals surface area (Å²) in [5.74, 6) is -0.213. The van der Waals surface area contributed by atoms with Crippen LogP contribution in [0.5, 0.6) is 5.75 Å². The van der Waals surface area contributed by atoms with E-state index in [2.05, 4.69) is 5.32 Å². The molecule has 0 radical (unpaired) electrons. The Labute approximate surface area is 133 Å². The van der Waals surface area contributed by atoms with Gasteiger partial charge in [0.05, 0.1) is 11.4 Å².